The first-order valence-corrected chi connectivity index (χ1v) is 7.29. The molecule has 0 atom stereocenters. The summed E-state index contributed by atoms with van der Waals surface area (Å²) in [5.41, 5.74) is 0.990. The highest BCUT2D eigenvalue weighted by Gasteiger charge is 2.09. The number of halogens is 3. The number of benzene rings is 1. The van der Waals surface area contributed by atoms with Crippen LogP contribution in [0.5, 0.6) is 0 Å². The maximum absolute atomic E-state index is 5.69. The summed E-state index contributed by atoms with van der Waals surface area (Å²) < 4.78 is 7.68. The minimum absolute atomic E-state index is 0.623. The topological polar surface area (TPSA) is 26.0 Å². The van der Waals surface area contributed by atoms with Gasteiger partial charge < -0.3 is 4.42 Å². The third-order valence-corrected chi connectivity index (χ3v) is 3.72. The molecule has 0 spiro atoms. The van der Waals surface area contributed by atoms with Gasteiger partial charge in [0.25, 0.3) is 0 Å². The second-order valence-corrected chi connectivity index (χ2v) is 5.68. The standard InChI is InChI=1S/C12H10Br2ClNO/c13-8-3-4-10(14)9(6-8)11-7-16-12(17-11)2-1-5-15/h3-4,6-7H,1-2,5H2. The molecule has 0 aliphatic carbocycles. The van der Waals surface area contributed by atoms with Gasteiger partial charge in [0.1, 0.15) is 0 Å². The van der Waals surface area contributed by atoms with Crippen molar-refractivity contribution in [3.8, 4) is 11.3 Å². The number of hydrogen-bond acceptors (Lipinski definition) is 2. The van der Waals surface area contributed by atoms with E-state index in [0.717, 1.165) is 39.0 Å². The molecule has 0 aliphatic heterocycles. The molecule has 0 aliphatic rings. The normalized spacial score (nSPS) is 10.8. The predicted octanol–water partition coefficient (Wildman–Crippen LogP) is 5.04. The number of nitrogens with zero attached hydrogens (tertiary/aromatic N) is 1. The maximum Gasteiger partial charge on any atom is 0.194 e. The molecule has 0 unspecified atom stereocenters. The molecule has 2 rings (SSSR count). The summed E-state index contributed by atoms with van der Waals surface area (Å²) in [6.45, 7) is 0. The van der Waals surface area contributed by atoms with Gasteiger partial charge in [-0.05, 0) is 24.6 Å². The van der Waals surface area contributed by atoms with Gasteiger partial charge in [0.05, 0.1) is 6.20 Å². The van der Waals surface area contributed by atoms with E-state index in [1.54, 1.807) is 6.20 Å². The first-order valence-electron chi connectivity index (χ1n) is 5.17. The van der Waals surface area contributed by atoms with E-state index in [1.165, 1.54) is 0 Å². The van der Waals surface area contributed by atoms with Crippen LogP contribution < -0.4 is 0 Å². The van der Waals surface area contributed by atoms with E-state index in [0.29, 0.717) is 5.88 Å². The fourth-order valence-electron chi connectivity index (χ4n) is 1.45. The van der Waals surface area contributed by atoms with Gasteiger partial charge >= 0.3 is 0 Å². The van der Waals surface area contributed by atoms with E-state index in [4.69, 9.17) is 16.0 Å². The van der Waals surface area contributed by atoms with Crippen molar-refractivity contribution in [2.75, 3.05) is 5.88 Å². The first kappa shape index (κ1) is 13.1. The van der Waals surface area contributed by atoms with Crippen molar-refractivity contribution in [2.45, 2.75) is 12.8 Å². The summed E-state index contributed by atoms with van der Waals surface area (Å²) in [7, 11) is 0. The molecule has 90 valence electrons. The van der Waals surface area contributed by atoms with E-state index in [9.17, 15) is 0 Å². The minimum Gasteiger partial charge on any atom is -0.441 e. The zero-order chi connectivity index (χ0) is 12.3. The fraction of sp³-hybridized carbons (Fsp3) is 0.250. The van der Waals surface area contributed by atoms with Gasteiger partial charge in [-0.3, -0.25) is 0 Å². The molecule has 1 aromatic carbocycles. The molecular weight excluding hydrogens is 369 g/mol. The zero-order valence-electron chi connectivity index (χ0n) is 8.92. The number of oxazole rings is 1. The Kier molecular flexibility index (Phi) is 4.65. The Bertz CT molecular complexity index is 513. The summed E-state index contributed by atoms with van der Waals surface area (Å²) in [4.78, 5) is 4.24. The quantitative estimate of drug-likeness (QED) is 0.696. The van der Waals surface area contributed by atoms with Crippen LogP contribution in [-0.2, 0) is 6.42 Å². The van der Waals surface area contributed by atoms with Crippen LogP contribution in [0.3, 0.4) is 0 Å². The number of alkyl halides is 1. The monoisotopic (exact) mass is 377 g/mol. The van der Waals surface area contributed by atoms with E-state index < -0.39 is 0 Å². The predicted molar refractivity (Wildman–Crippen MR) is 76.4 cm³/mol. The Balaban J connectivity index is 2.27. The average Bonchev–Trinajstić information content (AvgIpc) is 2.78. The van der Waals surface area contributed by atoms with Gasteiger partial charge in [-0.15, -0.1) is 11.6 Å². The lowest BCUT2D eigenvalue weighted by Gasteiger charge is -2.01. The molecule has 5 heteroatoms. The summed E-state index contributed by atoms with van der Waals surface area (Å²) in [5, 5.41) is 0. The van der Waals surface area contributed by atoms with Crippen molar-refractivity contribution in [3.63, 3.8) is 0 Å². The molecule has 0 radical (unpaired) electrons. The van der Waals surface area contributed by atoms with Gasteiger partial charge in [0.15, 0.2) is 11.7 Å². The van der Waals surface area contributed by atoms with Crippen LogP contribution in [0.1, 0.15) is 12.3 Å². The van der Waals surface area contributed by atoms with Crippen LogP contribution in [0.4, 0.5) is 0 Å². The lowest BCUT2D eigenvalue weighted by molar-refractivity contribution is 0.503. The molecule has 1 heterocycles. The minimum atomic E-state index is 0.623. The van der Waals surface area contributed by atoms with Gasteiger partial charge in [-0.1, -0.05) is 31.9 Å². The fourth-order valence-corrected chi connectivity index (χ4v) is 2.39. The number of aryl methyl sites for hydroxylation is 1. The summed E-state index contributed by atoms with van der Waals surface area (Å²) in [6, 6.07) is 5.94. The van der Waals surface area contributed by atoms with Crippen LogP contribution in [0, 0.1) is 0 Å². The van der Waals surface area contributed by atoms with Crippen molar-refractivity contribution in [2.24, 2.45) is 0 Å². The molecule has 1 aromatic heterocycles. The lowest BCUT2D eigenvalue weighted by Crippen LogP contribution is -1.84. The van der Waals surface area contributed by atoms with Crippen molar-refractivity contribution in [1.29, 1.82) is 0 Å². The molecule has 2 nitrogen and oxygen atoms in total. The SMILES string of the molecule is ClCCCc1ncc(-c2cc(Br)ccc2Br)o1. The van der Waals surface area contributed by atoms with Crippen LogP contribution in [-0.4, -0.2) is 10.9 Å². The van der Waals surface area contributed by atoms with Gasteiger partial charge in [-0.2, -0.15) is 0 Å². The maximum atomic E-state index is 5.69. The molecule has 2 aromatic rings. The highest BCUT2D eigenvalue weighted by atomic mass is 79.9. The molecule has 0 saturated carbocycles. The van der Waals surface area contributed by atoms with Gasteiger partial charge in [-0.25, -0.2) is 4.98 Å². The number of hydrogen-bond donors (Lipinski definition) is 0. The Morgan fingerprint density at radius 1 is 1.29 bits per heavy atom. The smallest absolute Gasteiger partial charge is 0.194 e. The zero-order valence-corrected chi connectivity index (χ0v) is 12.8. The lowest BCUT2D eigenvalue weighted by atomic mass is 10.2. The van der Waals surface area contributed by atoms with Gasteiger partial charge in [0, 0.05) is 26.8 Å². The van der Waals surface area contributed by atoms with E-state index >= 15 is 0 Å². The van der Waals surface area contributed by atoms with E-state index in [2.05, 4.69) is 36.8 Å². The Morgan fingerprint density at radius 2 is 2.12 bits per heavy atom. The highest BCUT2D eigenvalue weighted by Crippen LogP contribution is 2.31. The van der Waals surface area contributed by atoms with Crippen molar-refractivity contribution < 1.29 is 4.42 Å². The molecule has 0 amide bonds. The Hall–Kier alpha value is -0.320. The Morgan fingerprint density at radius 3 is 2.88 bits per heavy atom. The highest BCUT2D eigenvalue weighted by molar-refractivity contribution is 9.11. The molecule has 0 saturated heterocycles. The number of rotatable bonds is 4. The Labute approximate surface area is 122 Å². The van der Waals surface area contributed by atoms with E-state index in [1.807, 2.05) is 18.2 Å². The average molecular weight is 379 g/mol. The van der Waals surface area contributed by atoms with Crippen LogP contribution >= 0.6 is 43.5 Å². The summed E-state index contributed by atoms with van der Waals surface area (Å²) in [6.07, 6.45) is 3.40. The van der Waals surface area contributed by atoms with Crippen molar-refractivity contribution in [1.82, 2.24) is 4.98 Å². The third-order valence-electron chi connectivity index (χ3n) is 2.27. The molecule has 0 bridgehead atoms. The van der Waals surface area contributed by atoms with Crippen molar-refractivity contribution in [3.05, 3.63) is 39.2 Å². The molecule has 0 N–H and O–H groups in total. The summed E-state index contributed by atoms with van der Waals surface area (Å²) >= 11 is 12.6. The molecular formula is C12H10Br2ClNO. The van der Waals surface area contributed by atoms with Crippen LogP contribution in [0.25, 0.3) is 11.3 Å². The number of aromatic nitrogens is 1. The van der Waals surface area contributed by atoms with E-state index in [-0.39, 0.29) is 0 Å². The molecule has 0 fully saturated rings. The second kappa shape index (κ2) is 6.03. The van der Waals surface area contributed by atoms with Crippen LogP contribution in [0.2, 0.25) is 0 Å². The summed E-state index contributed by atoms with van der Waals surface area (Å²) in [5.74, 6) is 2.12. The molecule has 17 heavy (non-hydrogen) atoms. The van der Waals surface area contributed by atoms with Gasteiger partial charge in [0.2, 0.25) is 0 Å². The second-order valence-electron chi connectivity index (χ2n) is 3.53. The van der Waals surface area contributed by atoms with Crippen molar-refractivity contribution >= 4 is 43.5 Å². The largest absolute Gasteiger partial charge is 0.441 e. The first-order chi connectivity index (χ1) is 8.20. The third kappa shape index (κ3) is 3.33. The van der Waals surface area contributed by atoms with Crippen LogP contribution in [0.15, 0.2) is 37.8 Å².